The summed E-state index contributed by atoms with van der Waals surface area (Å²) in [6.45, 7) is 1.43. The molecular formula is C14H18ClN3O3. The monoisotopic (exact) mass is 311 g/mol. The smallest absolute Gasteiger partial charge is 0.256 e. The minimum atomic E-state index is -0.849. The van der Waals surface area contributed by atoms with Crippen molar-refractivity contribution < 1.29 is 14.3 Å². The molecule has 0 aromatic heterocycles. The number of primary amides is 1. The number of hydrogen-bond donors (Lipinski definition) is 3. The lowest BCUT2D eigenvalue weighted by molar-refractivity contribution is -0.140. The first-order valence-corrected chi connectivity index (χ1v) is 7.03. The van der Waals surface area contributed by atoms with Crippen molar-refractivity contribution in [3.8, 4) is 0 Å². The van der Waals surface area contributed by atoms with E-state index in [2.05, 4.69) is 10.6 Å². The highest BCUT2D eigenvalue weighted by atomic mass is 35.5. The van der Waals surface area contributed by atoms with Gasteiger partial charge in [-0.1, -0.05) is 11.6 Å². The van der Waals surface area contributed by atoms with Crippen molar-refractivity contribution in [1.29, 1.82) is 0 Å². The third-order valence-electron chi connectivity index (χ3n) is 3.71. The minimum Gasteiger partial charge on any atom is -0.368 e. The molecule has 2 amide bonds. The highest BCUT2D eigenvalue weighted by Crippen LogP contribution is 2.26. The van der Waals surface area contributed by atoms with Crippen LogP contribution in [-0.4, -0.2) is 37.6 Å². The van der Waals surface area contributed by atoms with Gasteiger partial charge in [-0.25, -0.2) is 0 Å². The first-order chi connectivity index (χ1) is 9.98. The topological polar surface area (TPSA) is 93.4 Å². The number of methoxy groups -OCH3 is 1. The molecular weight excluding hydrogens is 294 g/mol. The van der Waals surface area contributed by atoms with E-state index in [1.54, 1.807) is 6.07 Å². The Morgan fingerprint density at radius 3 is 2.62 bits per heavy atom. The number of halogens is 1. The quantitative estimate of drug-likeness (QED) is 0.777. The van der Waals surface area contributed by atoms with E-state index in [-0.39, 0.29) is 16.5 Å². The Labute approximate surface area is 128 Å². The Balaban J connectivity index is 2.19. The first kappa shape index (κ1) is 15.8. The standard InChI is InChI=1S/C14H18ClN3O3/c1-21-14(4-6-17-7-5-14)13(20)18-9-2-3-11(15)10(8-9)12(16)19/h2-3,8,17H,4-7H2,1H3,(H2,16,19)(H,18,20). The lowest BCUT2D eigenvalue weighted by atomic mass is 9.91. The van der Waals surface area contributed by atoms with Crippen LogP contribution < -0.4 is 16.4 Å². The number of amides is 2. The molecule has 1 aromatic rings. The molecule has 114 valence electrons. The Kier molecular flexibility index (Phi) is 4.82. The second kappa shape index (κ2) is 6.43. The van der Waals surface area contributed by atoms with Crippen LogP contribution in [0.1, 0.15) is 23.2 Å². The zero-order valence-corrected chi connectivity index (χ0v) is 12.5. The number of nitrogens with one attached hydrogen (secondary N) is 2. The third kappa shape index (κ3) is 3.34. The maximum absolute atomic E-state index is 12.5. The number of anilines is 1. The van der Waals surface area contributed by atoms with E-state index in [1.807, 2.05) is 0 Å². The Bertz CT molecular complexity index is 556. The van der Waals surface area contributed by atoms with Crippen LogP contribution in [0.5, 0.6) is 0 Å². The summed E-state index contributed by atoms with van der Waals surface area (Å²) in [5, 5.41) is 6.21. The van der Waals surface area contributed by atoms with E-state index in [0.717, 1.165) is 0 Å². The van der Waals surface area contributed by atoms with Crippen molar-refractivity contribution in [3.63, 3.8) is 0 Å². The summed E-state index contributed by atoms with van der Waals surface area (Å²) in [6.07, 6.45) is 1.18. The fraction of sp³-hybridized carbons (Fsp3) is 0.429. The molecule has 4 N–H and O–H groups in total. The molecule has 0 aliphatic carbocycles. The Morgan fingerprint density at radius 1 is 1.38 bits per heavy atom. The predicted octanol–water partition coefficient (Wildman–Crippen LogP) is 1.15. The average Bonchev–Trinajstić information content (AvgIpc) is 2.49. The lowest BCUT2D eigenvalue weighted by Crippen LogP contribution is -2.51. The van der Waals surface area contributed by atoms with E-state index in [1.165, 1.54) is 19.2 Å². The average molecular weight is 312 g/mol. The molecule has 1 aliphatic rings. The maximum Gasteiger partial charge on any atom is 0.256 e. The van der Waals surface area contributed by atoms with E-state index < -0.39 is 11.5 Å². The van der Waals surface area contributed by atoms with E-state index in [0.29, 0.717) is 31.6 Å². The number of rotatable bonds is 4. The van der Waals surface area contributed by atoms with Crippen LogP contribution in [0.3, 0.4) is 0 Å². The van der Waals surface area contributed by atoms with Gasteiger partial charge < -0.3 is 21.1 Å². The molecule has 1 heterocycles. The van der Waals surface area contributed by atoms with Gasteiger partial charge in [0.05, 0.1) is 10.6 Å². The summed E-state index contributed by atoms with van der Waals surface area (Å²) in [5.41, 5.74) is 5.03. The zero-order valence-electron chi connectivity index (χ0n) is 11.7. The van der Waals surface area contributed by atoms with Crippen LogP contribution >= 0.6 is 11.6 Å². The number of piperidine rings is 1. The molecule has 7 heteroatoms. The van der Waals surface area contributed by atoms with E-state index in [9.17, 15) is 9.59 Å². The van der Waals surface area contributed by atoms with Crippen LogP contribution in [0.2, 0.25) is 5.02 Å². The van der Waals surface area contributed by atoms with E-state index >= 15 is 0 Å². The molecule has 1 aliphatic heterocycles. The molecule has 2 rings (SSSR count). The fourth-order valence-corrected chi connectivity index (χ4v) is 2.60. The van der Waals surface area contributed by atoms with Crippen LogP contribution in [0.25, 0.3) is 0 Å². The molecule has 21 heavy (non-hydrogen) atoms. The number of hydrogen-bond acceptors (Lipinski definition) is 4. The molecule has 1 fully saturated rings. The van der Waals surface area contributed by atoms with Gasteiger partial charge in [0.25, 0.3) is 5.91 Å². The molecule has 6 nitrogen and oxygen atoms in total. The Morgan fingerprint density at radius 2 is 2.05 bits per heavy atom. The van der Waals surface area contributed by atoms with Gasteiger partial charge in [0.15, 0.2) is 0 Å². The number of carbonyl (C=O) groups is 2. The molecule has 1 saturated heterocycles. The summed E-state index contributed by atoms with van der Waals surface area (Å²) >= 11 is 5.88. The first-order valence-electron chi connectivity index (χ1n) is 6.65. The van der Waals surface area contributed by atoms with Gasteiger partial charge in [0.1, 0.15) is 5.60 Å². The van der Waals surface area contributed by atoms with E-state index in [4.69, 9.17) is 22.1 Å². The lowest BCUT2D eigenvalue weighted by Gasteiger charge is -2.34. The number of nitrogens with two attached hydrogens (primary N) is 1. The zero-order chi connectivity index (χ0) is 15.5. The summed E-state index contributed by atoms with van der Waals surface area (Å²) in [4.78, 5) is 23.7. The van der Waals surface area contributed by atoms with Crippen molar-refractivity contribution in [2.75, 3.05) is 25.5 Å². The molecule has 0 atom stereocenters. The maximum atomic E-state index is 12.5. The van der Waals surface area contributed by atoms with Crippen molar-refractivity contribution in [1.82, 2.24) is 5.32 Å². The summed E-state index contributed by atoms with van der Waals surface area (Å²) in [6, 6.07) is 4.61. The molecule has 1 aromatic carbocycles. The molecule has 0 bridgehead atoms. The van der Waals surface area contributed by atoms with Gasteiger partial charge in [-0.15, -0.1) is 0 Å². The molecule has 0 spiro atoms. The number of benzene rings is 1. The largest absolute Gasteiger partial charge is 0.368 e. The number of carbonyl (C=O) groups excluding carboxylic acids is 2. The predicted molar refractivity (Wildman–Crippen MR) is 80.4 cm³/mol. The van der Waals surface area contributed by atoms with Crippen LogP contribution in [-0.2, 0) is 9.53 Å². The van der Waals surface area contributed by atoms with Gasteiger partial charge in [0.2, 0.25) is 5.91 Å². The highest BCUT2D eigenvalue weighted by Gasteiger charge is 2.39. The Hall–Kier alpha value is -1.63. The fourth-order valence-electron chi connectivity index (χ4n) is 2.39. The summed E-state index contributed by atoms with van der Waals surface area (Å²) in [7, 11) is 1.53. The van der Waals surface area contributed by atoms with Gasteiger partial charge in [-0.3, -0.25) is 9.59 Å². The molecule has 0 saturated carbocycles. The van der Waals surface area contributed by atoms with Crippen molar-refractivity contribution in [2.24, 2.45) is 5.73 Å². The summed E-state index contributed by atoms with van der Waals surface area (Å²) < 4.78 is 5.44. The van der Waals surface area contributed by atoms with Gasteiger partial charge in [0, 0.05) is 12.8 Å². The van der Waals surface area contributed by atoms with Gasteiger partial charge >= 0.3 is 0 Å². The molecule has 0 radical (unpaired) electrons. The number of ether oxygens (including phenoxy) is 1. The summed E-state index contributed by atoms with van der Waals surface area (Å²) in [5.74, 6) is -0.872. The van der Waals surface area contributed by atoms with Gasteiger partial charge in [-0.05, 0) is 44.1 Å². The van der Waals surface area contributed by atoms with Crippen molar-refractivity contribution >= 4 is 29.1 Å². The highest BCUT2D eigenvalue weighted by molar-refractivity contribution is 6.34. The van der Waals surface area contributed by atoms with Crippen molar-refractivity contribution in [2.45, 2.75) is 18.4 Å². The third-order valence-corrected chi connectivity index (χ3v) is 4.04. The minimum absolute atomic E-state index is 0.172. The SMILES string of the molecule is COC1(C(=O)Nc2ccc(Cl)c(C(N)=O)c2)CCNCC1. The van der Waals surface area contributed by atoms with Crippen LogP contribution in [0.15, 0.2) is 18.2 Å². The van der Waals surface area contributed by atoms with Gasteiger partial charge in [-0.2, -0.15) is 0 Å². The normalized spacial score (nSPS) is 17.2. The van der Waals surface area contributed by atoms with Crippen molar-refractivity contribution in [3.05, 3.63) is 28.8 Å². The van der Waals surface area contributed by atoms with Crippen LogP contribution in [0, 0.1) is 0 Å². The van der Waals surface area contributed by atoms with Crippen LogP contribution in [0.4, 0.5) is 5.69 Å². The second-order valence-electron chi connectivity index (χ2n) is 4.96. The second-order valence-corrected chi connectivity index (χ2v) is 5.37. The molecule has 0 unspecified atom stereocenters.